The van der Waals surface area contributed by atoms with Crippen molar-refractivity contribution in [2.24, 2.45) is 0 Å². The minimum atomic E-state index is -1.07. The summed E-state index contributed by atoms with van der Waals surface area (Å²) in [6.45, 7) is 1.56. The SMILES string of the molecule is C[C@H](Oc1ccc(Cl)cc1Cl)C(=O)Nc1cccc(C(=O)O)c1. The van der Waals surface area contributed by atoms with E-state index in [1.807, 2.05) is 0 Å². The van der Waals surface area contributed by atoms with Gasteiger partial charge in [-0.15, -0.1) is 0 Å². The number of nitrogens with one attached hydrogen (secondary N) is 1. The van der Waals surface area contributed by atoms with Crippen molar-refractivity contribution in [3.8, 4) is 5.75 Å². The van der Waals surface area contributed by atoms with Crippen LogP contribution < -0.4 is 10.1 Å². The fourth-order valence-corrected chi connectivity index (χ4v) is 2.24. The molecule has 2 aromatic rings. The van der Waals surface area contributed by atoms with Gasteiger partial charge in [-0.05, 0) is 43.3 Å². The molecule has 0 bridgehead atoms. The Labute approximate surface area is 142 Å². The molecular weight excluding hydrogens is 341 g/mol. The lowest BCUT2D eigenvalue weighted by molar-refractivity contribution is -0.122. The summed E-state index contributed by atoms with van der Waals surface area (Å²) in [6.07, 6.45) is -0.831. The maximum absolute atomic E-state index is 12.1. The van der Waals surface area contributed by atoms with Crippen molar-refractivity contribution in [3.63, 3.8) is 0 Å². The highest BCUT2D eigenvalue weighted by atomic mass is 35.5. The van der Waals surface area contributed by atoms with Gasteiger partial charge in [0.05, 0.1) is 10.6 Å². The maximum atomic E-state index is 12.1. The smallest absolute Gasteiger partial charge is 0.335 e. The molecule has 2 aromatic carbocycles. The molecule has 0 aliphatic heterocycles. The molecule has 0 unspecified atom stereocenters. The quantitative estimate of drug-likeness (QED) is 0.848. The summed E-state index contributed by atoms with van der Waals surface area (Å²) >= 11 is 11.8. The van der Waals surface area contributed by atoms with Crippen molar-refractivity contribution in [2.75, 3.05) is 5.32 Å². The van der Waals surface area contributed by atoms with Gasteiger partial charge in [-0.25, -0.2) is 4.79 Å². The van der Waals surface area contributed by atoms with Crippen LogP contribution in [0.5, 0.6) is 5.75 Å². The molecule has 0 saturated carbocycles. The predicted octanol–water partition coefficient (Wildman–Crippen LogP) is 4.10. The first-order valence-electron chi connectivity index (χ1n) is 6.63. The molecule has 0 heterocycles. The van der Waals surface area contributed by atoms with Crippen LogP contribution >= 0.6 is 23.2 Å². The van der Waals surface area contributed by atoms with E-state index >= 15 is 0 Å². The Bertz CT molecular complexity index is 749. The van der Waals surface area contributed by atoms with E-state index in [9.17, 15) is 9.59 Å². The van der Waals surface area contributed by atoms with Gasteiger partial charge in [0.25, 0.3) is 5.91 Å². The molecule has 2 rings (SSSR count). The maximum Gasteiger partial charge on any atom is 0.335 e. The molecule has 0 aliphatic carbocycles. The van der Waals surface area contributed by atoms with Gasteiger partial charge in [0.1, 0.15) is 5.75 Å². The highest BCUT2D eigenvalue weighted by Gasteiger charge is 2.17. The number of carboxylic acid groups (broad SMARTS) is 1. The van der Waals surface area contributed by atoms with Crippen molar-refractivity contribution >= 4 is 40.8 Å². The minimum absolute atomic E-state index is 0.0807. The Morgan fingerprint density at radius 2 is 1.91 bits per heavy atom. The second kappa shape index (κ2) is 7.35. The number of carbonyl (C=O) groups is 2. The first-order valence-corrected chi connectivity index (χ1v) is 7.38. The summed E-state index contributed by atoms with van der Waals surface area (Å²) in [5.41, 5.74) is 0.449. The summed E-state index contributed by atoms with van der Waals surface area (Å²) in [5, 5.41) is 12.3. The molecule has 5 nitrogen and oxygen atoms in total. The zero-order valence-corrected chi connectivity index (χ0v) is 13.6. The number of amides is 1. The molecule has 0 aliphatic rings. The molecule has 0 saturated heterocycles. The zero-order chi connectivity index (χ0) is 17.0. The molecule has 2 N–H and O–H groups in total. The molecule has 0 fully saturated rings. The number of aromatic carboxylic acids is 1. The van der Waals surface area contributed by atoms with E-state index in [2.05, 4.69) is 5.32 Å². The summed E-state index contributed by atoms with van der Waals surface area (Å²) in [5.74, 6) is -1.17. The highest BCUT2D eigenvalue weighted by Crippen LogP contribution is 2.28. The number of carboxylic acids is 1. The van der Waals surface area contributed by atoms with Crippen LogP contribution in [0.25, 0.3) is 0 Å². The van der Waals surface area contributed by atoms with Crippen LogP contribution in [0.1, 0.15) is 17.3 Å². The van der Waals surface area contributed by atoms with Crippen LogP contribution in [0.15, 0.2) is 42.5 Å². The summed E-state index contributed by atoms with van der Waals surface area (Å²) in [6, 6.07) is 10.6. The van der Waals surface area contributed by atoms with Gasteiger partial charge in [-0.3, -0.25) is 4.79 Å². The molecule has 0 spiro atoms. The second-order valence-electron chi connectivity index (χ2n) is 4.71. The van der Waals surface area contributed by atoms with Gasteiger partial charge < -0.3 is 15.2 Å². The topological polar surface area (TPSA) is 75.6 Å². The Kier molecular flexibility index (Phi) is 5.47. The van der Waals surface area contributed by atoms with Crippen LogP contribution in [0, 0.1) is 0 Å². The average Bonchev–Trinajstić information content (AvgIpc) is 2.50. The number of carbonyl (C=O) groups excluding carboxylic acids is 1. The predicted molar refractivity (Wildman–Crippen MR) is 88.6 cm³/mol. The van der Waals surface area contributed by atoms with Gasteiger partial charge in [0, 0.05) is 10.7 Å². The summed E-state index contributed by atoms with van der Waals surface area (Å²) < 4.78 is 5.49. The van der Waals surface area contributed by atoms with Gasteiger partial charge >= 0.3 is 5.97 Å². The van der Waals surface area contributed by atoms with E-state index in [4.69, 9.17) is 33.0 Å². The van der Waals surface area contributed by atoms with Crippen LogP contribution in [0.3, 0.4) is 0 Å². The lowest BCUT2D eigenvalue weighted by atomic mass is 10.2. The molecule has 23 heavy (non-hydrogen) atoms. The lowest BCUT2D eigenvalue weighted by Gasteiger charge is -2.16. The molecule has 0 radical (unpaired) electrons. The Balaban J connectivity index is 2.05. The summed E-state index contributed by atoms with van der Waals surface area (Å²) in [7, 11) is 0. The van der Waals surface area contributed by atoms with Gasteiger partial charge in [0.2, 0.25) is 0 Å². The average molecular weight is 354 g/mol. The van der Waals surface area contributed by atoms with Gasteiger partial charge in [-0.2, -0.15) is 0 Å². The van der Waals surface area contributed by atoms with Gasteiger partial charge in [-0.1, -0.05) is 29.3 Å². The number of anilines is 1. The van der Waals surface area contributed by atoms with E-state index in [0.717, 1.165) is 0 Å². The van der Waals surface area contributed by atoms with Crippen LogP contribution in [-0.2, 0) is 4.79 Å². The highest BCUT2D eigenvalue weighted by molar-refractivity contribution is 6.35. The number of hydrogen-bond acceptors (Lipinski definition) is 3. The number of hydrogen-bond donors (Lipinski definition) is 2. The van der Waals surface area contributed by atoms with Crippen molar-refractivity contribution in [3.05, 3.63) is 58.1 Å². The molecule has 7 heteroatoms. The fraction of sp³-hybridized carbons (Fsp3) is 0.125. The van der Waals surface area contributed by atoms with E-state index in [1.165, 1.54) is 18.2 Å². The largest absolute Gasteiger partial charge is 0.479 e. The summed E-state index contributed by atoms with van der Waals surface area (Å²) in [4.78, 5) is 23.0. The fourth-order valence-electron chi connectivity index (χ4n) is 1.79. The minimum Gasteiger partial charge on any atom is -0.479 e. The van der Waals surface area contributed by atoms with Crippen molar-refractivity contribution in [2.45, 2.75) is 13.0 Å². The van der Waals surface area contributed by atoms with E-state index in [0.29, 0.717) is 21.5 Å². The molecule has 1 atom stereocenters. The zero-order valence-electron chi connectivity index (χ0n) is 12.0. The number of halogens is 2. The first-order chi connectivity index (χ1) is 10.9. The van der Waals surface area contributed by atoms with Gasteiger partial charge in [0.15, 0.2) is 6.10 Å². The number of benzene rings is 2. The van der Waals surface area contributed by atoms with E-state index in [1.54, 1.807) is 31.2 Å². The molecule has 0 aromatic heterocycles. The molecule has 1 amide bonds. The third kappa shape index (κ3) is 4.61. The second-order valence-corrected chi connectivity index (χ2v) is 5.55. The first kappa shape index (κ1) is 17.1. The third-order valence-corrected chi connectivity index (χ3v) is 3.47. The number of ether oxygens (including phenoxy) is 1. The normalized spacial score (nSPS) is 11.6. The van der Waals surface area contributed by atoms with Crippen molar-refractivity contribution in [1.29, 1.82) is 0 Å². The Morgan fingerprint density at radius 3 is 2.57 bits per heavy atom. The van der Waals surface area contributed by atoms with E-state index in [-0.39, 0.29) is 5.56 Å². The van der Waals surface area contributed by atoms with Crippen LogP contribution in [0.2, 0.25) is 10.0 Å². The lowest BCUT2D eigenvalue weighted by Crippen LogP contribution is -2.30. The molecule has 120 valence electrons. The van der Waals surface area contributed by atoms with Crippen LogP contribution in [-0.4, -0.2) is 23.1 Å². The van der Waals surface area contributed by atoms with E-state index < -0.39 is 18.0 Å². The van der Waals surface area contributed by atoms with Crippen molar-refractivity contribution in [1.82, 2.24) is 0 Å². The Morgan fingerprint density at radius 1 is 1.17 bits per heavy atom. The standard InChI is InChI=1S/C16H13Cl2NO4/c1-9(23-14-6-5-11(17)8-13(14)18)15(20)19-12-4-2-3-10(7-12)16(21)22/h2-9H,1H3,(H,19,20)(H,21,22)/t9-/m0/s1. The number of rotatable bonds is 5. The van der Waals surface area contributed by atoms with Crippen LogP contribution in [0.4, 0.5) is 5.69 Å². The van der Waals surface area contributed by atoms with Crippen molar-refractivity contribution < 1.29 is 19.4 Å². The Hall–Kier alpha value is -2.24. The monoisotopic (exact) mass is 353 g/mol. The third-order valence-electron chi connectivity index (χ3n) is 2.94. The molecular formula is C16H13Cl2NO4.